The zero-order valence-corrected chi connectivity index (χ0v) is 23.8. The molecule has 0 aromatic heterocycles. The summed E-state index contributed by atoms with van der Waals surface area (Å²) in [5.74, 6) is -0.537. The fraction of sp³-hybridized carbons (Fsp3) is 0.0857. The Kier molecular flexibility index (Phi) is 7.68. The second kappa shape index (κ2) is 11.4. The maximum Gasteiger partial charge on any atom is 0.261 e. The fourth-order valence-corrected chi connectivity index (χ4v) is 5.73. The van der Waals surface area contributed by atoms with Gasteiger partial charge in [-0.15, -0.1) is 0 Å². The molecule has 0 saturated carbocycles. The summed E-state index contributed by atoms with van der Waals surface area (Å²) in [6.45, 7) is 5.77. The molecule has 1 N–H and O–H groups in total. The Balaban J connectivity index is 1.70. The van der Waals surface area contributed by atoms with Crippen LogP contribution in [0.1, 0.15) is 48.5 Å². The number of rotatable bonds is 8. The Hall–Kier alpha value is -4.81. The normalized spacial score (nSPS) is 11.2. The van der Waals surface area contributed by atoms with Crippen LogP contribution in [0.4, 0.5) is 5.69 Å². The van der Waals surface area contributed by atoms with Crippen LogP contribution in [0.5, 0.6) is 0 Å². The van der Waals surface area contributed by atoms with Gasteiger partial charge in [-0.25, -0.2) is 8.42 Å². The van der Waals surface area contributed by atoms with Crippen LogP contribution in [-0.2, 0) is 10.0 Å². The van der Waals surface area contributed by atoms with Gasteiger partial charge in [0.05, 0.1) is 10.6 Å². The van der Waals surface area contributed by atoms with Gasteiger partial charge in [-0.2, -0.15) is 0 Å². The van der Waals surface area contributed by atoms with Crippen molar-refractivity contribution in [2.75, 3.05) is 4.72 Å². The Morgan fingerprint density at radius 1 is 0.537 bits per heavy atom. The monoisotopic (exact) mass is 559 g/mol. The summed E-state index contributed by atoms with van der Waals surface area (Å²) >= 11 is 0. The van der Waals surface area contributed by atoms with Crippen molar-refractivity contribution in [3.8, 4) is 11.1 Å². The molecule has 0 saturated heterocycles. The lowest BCUT2D eigenvalue weighted by Gasteiger charge is -2.18. The minimum absolute atomic E-state index is 0.109. The number of carbonyl (C=O) groups is 2. The minimum atomic E-state index is -3.96. The summed E-state index contributed by atoms with van der Waals surface area (Å²) in [7, 11) is -3.96. The van der Waals surface area contributed by atoms with Gasteiger partial charge in [0.1, 0.15) is 0 Å². The number of nitrogens with one attached hydrogen (secondary N) is 1. The molecule has 5 nitrogen and oxygen atoms in total. The van der Waals surface area contributed by atoms with Gasteiger partial charge < -0.3 is 0 Å². The van der Waals surface area contributed by atoms with Crippen molar-refractivity contribution in [1.82, 2.24) is 0 Å². The molecule has 0 amide bonds. The van der Waals surface area contributed by atoms with Gasteiger partial charge in [-0.1, -0.05) is 114 Å². The second-order valence-corrected chi connectivity index (χ2v) is 11.8. The molecule has 204 valence electrons. The lowest BCUT2D eigenvalue weighted by molar-refractivity contribution is 0.103. The van der Waals surface area contributed by atoms with E-state index in [1.54, 1.807) is 91.0 Å². The van der Waals surface area contributed by atoms with Crippen LogP contribution in [0.2, 0.25) is 0 Å². The number of carbonyl (C=O) groups excluding carboxylic acids is 2. The first-order valence-corrected chi connectivity index (χ1v) is 14.7. The Bertz CT molecular complexity index is 1780. The number of hydrogen-bond acceptors (Lipinski definition) is 4. The standard InChI is InChI=1S/C35H29NO4S/c1-23-11-17-26(18-12-23)34(37)30-8-6-9-31(35(38)27-19-13-24(2)14-20-27)33(30)29-7-4-5-10-32(29)36-41(39,40)28-21-15-25(3)16-22-28/h4-22,36H,1-3H3. The van der Waals surface area contributed by atoms with Gasteiger partial charge in [0.25, 0.3) is 10.0 Å². The van der Waals surface area contributed by atoms with Crippen molar-refractivity contribution in [2.45, 2.75) is 25.7 Å². The zero-order valence-electron chi connectivity index (χ0n) is 23.0. The Morgan fingerprint density at radius 3 is 1.46 bits per heavy atom. The smallest absolute Gasteiger partial charge is 0.261 e. The molecule has 0 unspecified atom stereocenters. The van der Waals surface area contributed by atoms with Crippen molar-refractivity contribution < 1.29 is 18.0 Å². The van der Waals surface area contributed by atoms with E-state index in [-0.39, 0.29) is 22.1 Å². The molecule has 5 aromatic carbocycles. The van der Waals surface area contributed by atoms with Crippen LogP contribution >= 0.6 is 0 Å². The molecule has 0 aliphatic heterocycles. The number of ketones is 2. The summed E-state index contributed by atoms with van der Waals surface area (Å²) in [5.41, 5.74) is 5.55. The highest BCUT2D eigenvalue weighted by molar-refractivity contribution is 7.92. The number of benzene rings is 5. The van der Waals surface area contributed by atoms with E-state index in [1.807, 2.05) is 45.0 Å². The van der Waals surface area contributed by atoms with Gasteiger partial charge in [-0.05, 0) is 39.0 Å². The van der Waals surface area contributed by atoms with Crippen LogP contribution in [0, 0.1) is 20.8 Å². The van der Waals surface area contributed by atoms with E-state index in [0.29, 0.717) is 33.4 Å². The highest BCUT2D eigenvalue weighted by Gasteiger charge is 2.25. The largest absolute Gasteiger partial charge is 0.289 e. The Morgan fingerprint density at radius 2 is 0.976 bits per heavy atom. The minimum Gasteiger partial charge on any atom is -0.289 e. The van der Waals surface area contributed by atoms with Gasteiger partial charge >= 0.3 is 0 Å². The maximum atomic E-state index is 13.9. The first kappa shape index (κ1) is 27.7. The van der Waals surface area contributed by atoms with Crippen LogP contribution in [0.3, 0.4) is 0 Å². The highest BCUT2D eigenvalue weighted by atomic mass is 32.2. The summed E-state index contributed by atoms with van der Waals surface area (Å²) in [6.07, 6.45) is 0. The van der Waals surface area contributed by atoms with E-state index in [4.69, 9.17) is 0 Å². The number of hydrogen-bond donors (Lipinski definition) is 1. The maximum absolute atomic E-state index is 13.9. The topological polar surface area (TPSA) is 80.3 Å². The molecule has 5 rings (SSSR count). The van der Waals surface area contributed by atoms with Crippen molar-refractivity contribution in [1.29, 1.82) is 0 Å². The molecule has 0 heterocycles. The highest BCUT2D eigenvalue weighted by Crippen LogP contribution is 2.37. The van der Waals surface area contributed by atoms with Crippen LogP contribution in [0.25, 0.3) is 11.1 Å². The van der Waals surface area contributed by atoms with Gasteiger partial charge in [0, 0.05) is 33.4 Å². The molecule has 5 aromatic rings. The lowest BCUT2D eigenvalue weighted by atomic mass is 9.86. The molecule has 0 aliphatic carbocycles. The predicted molar refractivity (Wildman–Crippen MR) is 163 cm³/mol. The molecule has 6 heteroatoms. The summed E-state index contributed by atoms with van der Waals surface area (Å²) in [4.78, 5) is 27.9. The summed E-state index contributed by atoms with van der Waals surface area (Å²) in [6, 6.07) is 32.9. The van der Waals surface area contributed by atoms with E-state index in [0.717, 1.165) is 16.7 Å². The number of anilines is 1. The van der Waals surface area contributed by atoms with E-state index in [9.17, 15) is 18.0 Å². The van der Waals surface area contributed by atoms with Gasteiger partial charge in [-0.3, -0.25) is 14.3 Å². The van der Waals surface area contributed by atoms with Crippen LogP contribution < -0.4 is 4.72 Å². The van der Waals surface area contributed by atoms with E-state index < -0.39 is 10.0 Å². The molecule has 0 spiro atoms. The van der Waals surface area contributed by atoms with Gasteiger partial charge in [0.2, 0.25) is 0 Å². The van der Waals surface area contributed by atoms with E-state index >= 15 is 0 Å². The quantitative estimate of drug-likeness (QED) is 0.199. The summed E-state index contributed by atoms with van der Waals surface area (Å²) < 4.78 is 29.5. The zero-order chi connectivity index (χ0) is 29.1. The molecular weight excluding hydrogens is 530 g/mol. The first-order valence-electron chi connectivity index (χ1n) is 13.2. The molecule has 0 fully saturated rings. The van der Waals surface area contributed by atoms with Crippen LogP contribution in [-0.4, -0.2) is 20.0 Å². The van der Waals surface area contributed by atoms with Crippen molar-refractivity contribution in [3.05, 3.63) is 154 Å². The first-order chi connectivity index (χ1) is 19.6. The van der Waals surface area contributed by atoms with Crippen molar-refractivity contribution in [3.63, 3.8) is 0 Å². The average molecular weight is 560 g/mol. The molecule has 0 radical (unpaired) electrons. The van der Waals surface area contributed by atoms with Gasteiger partial charge in [0.15, 0.2) is 11.6 Å². The van der Waals surface area contributed by atoms with E-state index in [1.165, 1.54) is 0 Å². The lowest BCUT2D eigenvalue weighted by Crippen LogP contribution is -2.15. The number of para-hydroxylation sites is 1. The molecular formula is C35H29NO4S. The average Bonchev–Trinajstić information content (AvgIpc) is 2.97. The molecule has 41 heavy (non-hydrogen) atoms. The molecule has 0 bridgehead atoms. The fourth-order valence-electron chi connectivity index (χ4n) is 4.65. The van der Waals surface area contributed by atoms with Crippen molar-refractivity contribution >= 4 is 27.3 Å². The number of aryl methyl sites for hydroxylation is 3. The van der Waals surface area contributed by atoms with E-state index in [2.05, 4.69) is 4.72 Å². The third-order valence-electron chi connectivity index (χ3n) is 6.95. The second-order valence-electron chi connectivity index (χ2n) is 10.1. The molecule has 0 atom stereocenters. The summed E-state index contributed by atoms with van der Waals surface area (Å²) in [5, 5.41) is 0. The number of sulfonamides is 1. The third kappa shape index (κ3) is 5.88. The van der Waals surface area contributed by atoms with Crippen LogP contribution in [0.15, 0.2) is 120 Å². The Labute approximate surface area is 240 Å². The predicted octanol–water partition coefficient (Wildman–Crippen LogP) is 7.54. The SMILES string of the molecule is Cc1ccc(C(=O)c2cccc(C(=O)c3ccc(C)cc3)c2-c2ccccc2NS(=O)(=O)c2ccc(C)cc2)cc1. The van der Waals surface area contributed by atoms with Crippen molar-refractivity contribution in [2.24, 2.45) is 0 Å². The third-order valence-corrected chi connectivity index (χ3v) is 8.33. The molecule has 0 aliphatic rings.